The lowest BCUT2D eigenvalue weighted by Crippen LogP contribution is -2.06. The third-order valence-electron chi connectivity index (χ3n) is 3.53. The smallest absolute Gasteiger partial charge is 0.361 e. The molecule has 0 spiro atoms. The highest BCUT2D eigenvalue weighted by molar-refractivity contribution is 6.30. The van der Waals surface area contributed by atoms with E-state index in [0.717, 1.165) is 0 Å². The molecule has 0 fully saturated rings. The van der Waals surface area contributed by atoms with Gasteiger partial charge in [-0.15, -0.1) is 5.10 Å². The number of aromatic nitrogens is 3. The van der Waals surface area contributed by atoms with Crippen LogP contribution in [0.1, 0.15) is 23.0 Å². The molecular formula is C18H15ClFN3O3. The number of rotatable bonds is 6. The summed E-state index contributed by atoms with van der Waals surface area (Å²) in [7, 11) is 0. The van der Waals surface area contributed by atoms with Gasteiger partial charge in [0.05, 0.1) is 6.61 Å². The summed E-state index contributed by atoms with van der Waals surface area (Å²) in [6.45, 7) is 1.99. The number of H-pyrrole nitrogens is 1. The first kappa shape index (κ1) is 17.9. The quantitative estimate of drug-likeness (QED) is 0.658. The van der Waals surface area contributed by atoms with E-state index in [1.54, 1.807) is 43.3 Å². The van der Waals surface area contributed by atoms with Crippen molar-refractivity contribution in [1.29, 1.82) is 0 Å². The lowest BCUT2D eigenvalue weighted by molar-refractivity contribution is 0.0520. The van der Waals surface area contributed by atoms with Crippen molar-refractivity contribution in [2.24, 2.45) is 0 Å². The van der Waals surface area contributed by atoms with Crippen molar-refractivity contribution in [2.45, 2.75) is 13.5 Å². The zero-order valence-corrected chi connectivity index (χ0v) is 14.6. The number of nitrogens with zero attached hydrogens (tertiary/aromatic N) is 2. The van der Waals surface area contributed by atoms with E-state index in [1.165, 1.54) is 6.07 Å². The summed E-state index contributed by atoms with van der Waals surface area (Å²) in [5.41, 5.74) is 1.45. The molecule has 3 rings (SSSR count). The molecule has 0 aliphatic carbocycles. The summed E-state index contributed by atoms with van der Waals surface area (Å²) in [5, 5.41) is 10.6. The minimum Gasteiger partial charge on any atom is -0.489 e. The minimum absolute atomic E-state index is 0.0377. The fourth-order valence-corrected chi connectivity index (χ4v) is 2.47. The van der Waals surface area contributed by atoms with Crippen molar-refractivity contribution in [3.05, 3.63) is 64.6 Å². The summed E-state index contributed by atoms with van der Waals surface area (Å²) in [5.74, 6) is -0.504. The molecule has 2 aromatic carbocycles. The Morgan fingerprint density at radius 1 is 1.23 bits per heavy atom. The van der Waals surface area contributed by atoms with Crippen molar-refractivity contribution in [3.8, 4) is 17.0 Å². The number of halogens is 2. The van der Waals surface area contributed by atoms with Crippen LogP contribution in [-0.2, 0) is 11.3 Å². The molecule has 0 aliphatic rings. The van der Waals surface area contributed by atoms with Crippen LogP contribution in [0.3, 0.4) is 0 Å². The molecule has 0 bridgehead atoms. The number of carbonyl (C=O) groups excluding carboxylic acids is 1. The van der Waals surface area contributed by atoms with Gasteiger partial charge in [0.15, 0.2) is 5.69 Å². The Labute approximate surface area is 153 Å². The molecule has 0 saturated heterocycles. The molecule has 1 aromatic heterocycles. The van der Waals surface area contributed by atoms with Gasteiger partial charge < -0.3 is 9.47 Å². The number of nitrogens with one attached hydrogen (secondary N) is 1. The maximum atomic E-state index is 13.8. The van der Waals surface area contributed by atoms with Crippen LogP contribution in [0.25, 0.3) is 11.3 Å². The number of aromatic amines is 1. The van der Waals surface area contributed by atoms with E-state index in [0.29, 0.717) is 27.6 Å². The van der Waals surface area contributed by atoms with Gasteiger partial charge in [0.1, 0.15) is 23.9 Å². The van der Waals surface area contributed by atoms with E-state index >= 15 is 0 Å². The number of hydrogen-bond donors (Lipinski definition) is 1. The van der Waals surface area contributed by atoms with Gasteiger partial charge in [-0.25, -0.2) is 9.18 Å². The van der Waals surface area contributed by atoms with Gasteiger partial charge >= 0.3 is 5.97 Å². The molecule has 0 radical (unpaired) electrons. The maximum absolute atomic E-state index is 13.8. The van der Waals surface area contributed by atoms with Crippen molar-refractivity contribution in [3.63, 3.8) is 0 Å². The van der Waals surface area contributed by atoms with Crippen molar-refractivity contribution in [2.75, 3.05) is 6.61 Å². The molecule has 0 amide bonds. The monoisotopic (exact) mass is 375 g/mol. The van der Waals surface area contributed by atoms with Crippen LogP contribution in [0.4, 0.5) is 4.39 Å². The van der Waals surface area contributed by atoms with Crippen LogP contribution >= 0.6 is 11.6 Å². The Bertz CT molecular complexity index is 930. The normalized spacial score (nSPS) is 10.6. The molecule has 8 heteroatoms. The van der Waals surface area contributed by atoms with E-state index in [4.69, 9.17) is 21.1 Å². The molecule has 0 saturated carbocycles. The lowest BCUT2D eigenvalue weighted by atomic mass is 10.1. The molecule has 0 aliphatic heterocycles. The third kappa shape index (κ3) is 4.00. The standard InChI is InChI=1S/C18H15ClFN3O3/c1-2-25-18(24)17-16(21-23-22-17)11-4-3-5-14(8-11)26-10-12-6-7-13(19)9-15(12)20/h3-9H,2,10H2,1H3,(H,21,22,23). The molecule has 3 aromatic rings. The van der Waals surface area contributed by atoms with Gasteiger partial charge in [-0.1, -0.05) is 29.8 Å². The third-order valence-corrected chi connectivity index (χ3v) is 3.77. The first-order valence-corrected chi connectivity index (χ1v) is 8.21. The summed E-state index contributed by atoms with van der Waals surface area (Å²) < 4.78 is 24.4. The second kappa shape index (κ2) is 7.97. The van der Waals surface area contributed by atoms with Crippen molar-refractivity contribution in [1.82, 2.24) is 15.4 Å². The number of esters is 1. The van der Waals surface area contributed by atoms with Gasteiger partial charge in [0.2, 0.25) is 0 Å². The molecule has 0 atom stereocenters. The summed E-state index contributed by atoms with van der Waals surface area (Å²) in [4.78, 5) is 11.9. The van der Waals surface area contributed by atoms with Gasteiger partial charge in [-0.05, 0) is 31.2 Å². The van der Waals surface area contributed by atoms with Crippen LogP contribution < -0.4 is 4.74 Å². The van der Waals surface area contributed by atoms with Crippen LogP contribution in [0.5, 0.6) is 5.75 Å². The predicted octanol–water partition coefficient (Wildman–Crippen LogP) is 4.02. The molecule has 1 N–H and O–H groups in total. The van der Waals surface area contributed by atoms with Crippen LogP contribution in [-0.4, -0.2) is 28.0 Å². The maximum Gasteiger partial charge on any atom is 0.361 e. The van der Waals surface area contributed by atoms with Crippen molar-refractivity contribution < 1.29 is 18.7 Å². The Kier molecular flexibility index (Phi) is 5.48. The Morgan fingerprint density at radius 3 is 2.85 bits per heavy atom. The van der Waals surface area contributed by atoms with Gasteiger partial charge in [-0.3, -0.25) is 0 Å². The molecule has 1 heterocycles. The average molecular weight is 376 g/mol. The first-order valence-electron chi connectivity index (χ1n) is 7.83. The first-order chi connectivity index (χ1) is 12.6. The highest BCUT2D eigenvalue weighted by Gasteiger charge is 2.19. The number of carbonyl (C=O) groups is 1. The predicted molar refractivity (Wildman–Crippen MR) is 93.5 cm³/mol. The summed E-state index contributed by atoms with van der Waals surface area (Å²) in [6.07, 6.45) is 0. The number of hydrogen-bond acceptors (Lipinski definition) is 5. The van der Waals surface area contributed by atoms with Gasteiger partial charge in [0, 0.05) is 16.1 Å². The molecular weight excluding hydrogens is 361 g/mol. The second-order valence-electron chi connectivity index (χ2n) is 5.29. The fraction of sp³-hybridized carbons (Fsp3) is 0.167. The topological polar surface area (TPSA) is 77.1 Å². The molecule has 134 valence electrons. The molecule has 6 nitrogen and oxygen atoms in total. The Hall–Kier alpha value is -2.93. The molecule has 26 heavy (non-hydrogen) atoms. The highest BCUT2D eigenvalue weighted by Crippen LogP contribution is 2.25. The SMILES string of the molecule is CCOC(=O)c1n[nH]nc1-c1cccc(OCc2ccc(Cl)cc2F)c1. The Morgan fingerprint density at radius 2 is 2.08 bits per heavy atom. The van der Waals surface area contributed by atoms with Crippen molar-refractivity contribution >= 4 is 17.6 Å². The summed E-state index contributed by atoms with van der Waals surface area (Å²) in [6, 6.07) is 11.3. The van der Waals surface area contributed by atoms with Gasteiger partial charge in [0.25, 0.3) is 0 Å². The van der Waals surface area contributed by atoms with E-state index in [-0.39, 0.29) is 18.9 Å². The Balaban J connectivity index is 1.79. The average Bonchev–Trinajstić information content (AvgIpc) is 3.11. The van der Waals surface area contributed by atoms with E-state index in [2.05, 4.69) is 15.4 Å². The summed E-state index contributed by atoms with van der Waals surface area (Å²) >= 11 is 5.74. The van der Waals surface area contributed by atoms with E-state index in [1.807, 2.05) is 0 Å². The van der Waals surface area contributed by atoms with Gasteiger partial charge in [-0.2, -0.15) is 10.3 Å². The van der Waals surface area contributed by atoms with Crippen LogP contribution in [0.2, 0.25) is 5.02 Å². The number of ether oxygens (including phenoxy) is 2. The lowest BCUT2D eigenvalue weighted by Gasteiger charge is -2.09. The van der Waals surface area contributed by atoms with Crippen LogP contribution in [0.15, 0.2) is 42.5 Å². The zero-order chi connectivity index (χ0) is 18.5. The highest BCUT2D eigenvalue weighted by atomic mass is 35.5. The molecule has 0 unspecified atom stereocenters. The zero-order valence-electron chi connectivity index (χ0n) is 13.8. The van der Waals surface area contributed by atoms with E-state index in [9.17, 15) is 9.18 Å². The van der Waals surface area contributed by atoms with E-state index < -0.39 is 11.8 Å². The fourth-order valence-electron chi connectivity index (χ4n) is 2.31. The largest absolute Gasteiger partial charge is 0.489 e. The van der Waals surface area contributed by atoms with Crippen LogP contribution in [0, 0.1) is 5.82 Å². The number of benzene rings is 2. The second-order valence-corrected chi connectivity index (χ2v) is 5.73. The minimum atomic E-state index is -0.564.